The van der Waals surface area contributed by atoms with E-state index in [1.165, 1.54) is 11.1 Å². The Morgan fingerprint density at radius 1 is 0.900 bits per heavy atom. The molecule has 2 heteroatoms. The lowest BCUT2D eigenvalue weighted by Crippen LogP contribution is -2.12. The molecular weight excluding hydrogens is 262 g/mol. The van der Waals surface area contributed by atoms with Gasteiger partial charge in [0.05, 0.1) is 0 Å². The van der Waals surface area contributed by atoms with Gasteiger partial charge in [0, 0.05) is 11.3 Å². The van der Waals surface area contributed by atoms with Gasteiger partial charge in [0.2, 0.25) is 0 Å². The lowest BCUT2D eigenvalue weighted by Gasteiger charge is -2.19. The van der Waals surface area contributed by atoms with Crippen LogP contribution in [0, 0.1) is 6.92 Å². The third kappa shape index (κ3) is 3.67. The molecule has 0 aliphatic carbocycles. The van der Waals surface area contributed by atoms with E-state index >= 15 is 0 Å². The van der Waals surface area contributed by atoms with Crippen molar-refractivity contribution in [1.82, 2.24) is 0 Å². The third-order valence-corrected chi connectivity index (χ3v) is 3.66. The first kappa shape index (κ1) is 14.7. The van der Waals surface area contributed by atoms with E-state index in [1.54, 1.807) is 0 Å². The van der Waals surface area contributed by atoms with Crippen LogP contribution < -0.4 is 5.32 Å². The summed E-state index contributed by atoms with van der Waals surface area (Å²) in [6, 6.07) is 16.7. The van der Waals surface area contributed by atoms with Crippen molar-refractivity contribution < 1.29 is 0 Å². The Kier molecular flexibility index (Phi) is 4.24. The van der Waals surface area contributed by atoms with Crippen molar-refractivity contribution in [2.75, 3.05) is 5.32 Å². The van der Waals surface area contributed by atoms with Crippen LogP contribution in [0.5, 0.6) is 0 Å². The molecular formula is C18H21NS. The normalized spacial score (nSPS) is 11.2. The second-order valence-electron chi connectivity index (χ2n) is 6.15. The highest BCUT2D eigenvalue weighted by molar-refractivity contribution is 7.81. The van der Waals surface area contributed by atoms with Crippen molar-refractivity contribution in [3.05, 3.63) is 65.2 Å². The molecule has 0 fully saturated rings. The molecule has 0 saturated carbocycles. The molecule has 2 rings (SSSR count). The van der Waals surface area contributed by atoms with Gasteiger partial charge >= 0.3 is 0 Å². The van der Waals surface area contributed by atoms with Crippen molar-refractivity contribution >= 4 is 22.9 Å². The minimum Gasteiger partial charge on any atom is -0.346 e. The Morgan fingerprint density at radius 2 is 1.45 bits per heavy atom. The topological polar surface area (TPSA) is 12.0 Å². The van der Waals surface area contributed by atoms with Crippen LogP contribution in [0.15, 0.2) is 48.5 Å². The number of nitrogens with one attached hydrogen (secondary N) is 1. The SMILES string of the molecule is Cc1ccc(C(=S)Nc2ccc(C(C)(C)C)cc2)cc1. The van der Waals surface area contributed by atoms with E-state index in [2.05, 4.69) is 69.4 Å². The molecule has 1 N–H and O–H groups in total. The highest BCUT2D eigenvalue weighted by Crippen LogP contribution is 2.23. The van der Waals surface area contributed by atoms with Gasteiger partial charge in [0.15, 0.2) is 0 Å². The van der Waals surface area contributed by atoms with Crippen LogP contribution in [0.3, 0.4) is 0 Å². The van der Waals surface area contributed by atoms with E-state index in [1.807, 2.05) is 12.1 Å². The van der Waals surface area contributed by atoms with Crippen molar-refractivity contribution in [3.8, 4) is 0 Å². The van der Waals surface area contributed by atoms with E-state index in [-0.39, 0.29) is 5.41 Å². The number of benzene rings is 2. The average Bonchev–Trinajstić information content (AvgIpc) is 2.39. The quantitative estimate of drug-likeness (QED) is 0.771. The molecule has 104 valence electrons. The molecule has 0 atom stereocenters. The van der Waals surface area contributed by atoms with Crippen LogP contribution in [0.1, 0.15) is 37.5 Å². The first-order chi connectivity index (χ1) is 9.36. The van der Waals surface area contributed by atoms with Crippen LogP contribution in [-0.4, -0.2) is 4.99 Å². The maximum atomic E-state index is 5.44. The summed E-state index contributed by atoms with van der Waals surface area (Å²) < 4.78 is 0. The third-order valence-electron chi connectivity index (χ3n) is 3.32. The Bertz CT molecular complexity index is 589. The van der Waals surface area contributed by atoms with E-state index in [9.17, 15) is 0 Å². The van der Waals surface area contributed by atoms with Gasteiger partial charge in [-0.2, -0.15) is 0 Å². The van der Waals surface area contributed by atoms with E-state index in [4.69, 9.17) is 12.2 Å². The summed E-state index contributed by atoms with van der Waals surface area (Å²) >= 11 is 5.44. The van der Waals surface area contributed by atoms with Gasteiger partial charge in [-0.25, -0.2) is 0 Å². The average molecular weight is 283 g/mol. The molecule has 0 aliphatic rings. The lowest BCUT2D eigenvalue weighted by molar-refractivity contribution is 0.590. The molecule has 0 unspecified atom stereocenters. The van der Waals surface area contributed by atoms with Crippen molar-refractivity contribution in [2.24, 2.45) is 0 Å². The highest BCUT2D eigenvalue weighted by atomic mass is 32.1. The molecule has 0 heterocycles. The number of hydrogen-bond donors (Lipinski definition) is 1. The molecule has 0 aliphatic heterocycles. The summed E-state index contributed by atoms with van der Waals surface area (Å²) in [5.74, 6) is 0. The molecule has 0 aromatic heterocycles. The summed E-state index contributed by atoms with van der Waals surface area (Å²) in [7, 11) is 0. The van der Waals surface area contributed by atoms with Gasteiger partial charge in [0.1, 0.15) is 4.99 Å². The van der Waals surface area contributed by atoms with Crippen LogP contribution in [0.25, 0.3) is 0 Å². The molecule has 0 saturated heterocycles. The summed E-state index contributed by atoms with van der Waals surface area (Å²) in [6.45, 7) is 8.72. The monoisotopic (exact) mass is 283 g/mol. The maximum Gasteiger partial charge on any atom is 0.110 e. The number of aryl methyl sites for hydroxylation is 1. The number of rotatable bonds is 2. The number of anilines is 1. The zero-order valence-corrected chi connectivity index (χ0v) is 13.3. The van der Waals surface area contributed by atoms with Gasteiger partial charge in [-0.05, 0) is 30.0 Å². The standard InChI is InChI=1S/C18H21NS/c1-13-5-7-14(8-6-13)17(20)19-16-11-9-15(10-12-16)18(2,3)4/h5-12H,1-4H3,(H,19,20). The van der Waals surface area contributed by atoms with Crippen molar-refractivity contribution in [2.45, 2.75) is 33.1 Å². The second kappa shape index (κ2) is 5.76. The summed E-state index contributed by atoms with van der Waals surface area (Å²) in [4.78, 5) is 0.758. The molecule has 0 bridgehead atoms. The fourth-order valence-corrected chi connectivity index (χ4v) is 2.22. The Labute approximate surface area is 127 Å². The second-order valence-corrected chi connectivity index (χ2v) is 6.56. The smallest absolute Gasteiger partial charge is 0.110 e. The Hall–Kier alpha value is -1.67. The van der Waals surface area contributed by atoms with Crippen LogP contribution in [0.2, 0.25) is 0 Å². The van der Waals surface area contributed by atoms with Crippen LogP contribution >= 0.6 is 12.2 Å². The Morgan fingerprint density at radius 3 is 1.95 bits per heavy atom. The summed E-state index contributed by atoms with van der Waals surface area (Å²) in [5.41, 5.74) is 4.82. The van der Waals surface area contributed by atoms with Crippen molar-refractivity contribution in [1.29, 1.82) is 0 Å². The van der Waals surface area contributed by atoms with E-state index in [0.717, 1.165) is 16.2 Å². The number of hydrogen-bond acceptors (Lipinski definition) is 1. The van der Waals surface area contributed by atoms with Gasteiger partial charge in [0.25, 0.3) is 0 Å². The maximum absolute atomic E-state index is 5.44. The number of thiocarbonyl (C=S) groups is 1. The first-order valence-corrected chi connectivity index (χ1v) is 7.26. The molecule has 2 aromatic rings. The van der Waals surface area contributed by atoms with Gasteiger partial charge in [-0.15, -0.1) is 0 Å². The highest BCUT2D eigenvalue weighted by Gasteiger charge is 2.12. The molecule has 2 aromatic carbocycles. The summed E-state index contributed by atoms with van der Waals surface area (Å²) in [6.07, 6.45) is 0. The predicted molar refractivity (Wildman–Crippen MR) is 91.6 cm³/mol. The molecule has 1 nitrogen and oxygen atoms in total. The van der Waals surface area contributed by atoms with Gasteiger partial charge in [-0.3, -0.25) is 0 Å². The summed E-state index contributed by atoms with van der Waals surface area (Å²) in [5, 5.41) is 3.29. The van der Waals surface area contributed by atoms with Crippen LogP contribution in [0.4, 0.5) is 5.69 Å². The predicted octanol–water partition coefficient (Wildman–Crippen LogP) is 5.08. The van der Waals surface area contributed by atoms with Crippen LogP contribution in [-0.2, 0) is 5.41 Å². The van der Waals surface area contributed by atoms with Crippen molar-refractivity contribution in [3.63, 3.8) is 0 Å². The molecule has 0 amide bonds. The molecule has 0 radical (unpaired) electrons. The van der Waals surface area contributed by atoms with E-state index in [0.29, 0.717) is 0 Å². The molecule has 20 heavy (non-hydrogen) atoms. The zero-order valence-electron chi connectivity index (χ0n) is 12.5. The lowest BCUT2D eigenvalue weighted by atomic mass is 9.87. The fourth-order valence-electron chi connectivity index (χ4n) is 1.96. The first-order valence-electron chi connectivity index (χ1n) is 6.85. The van der Waals surface area contributed by atoms with Gasteiger partial charge in [-0.1, -0.05) is 75.0 Å². The minimum absolute atomic E-state index is 0.177. The fraction of sp³-hybridized carbons (Fsp3) is 0.278. The van der Waals surface area contributed by atoms with Gasteiger partial charge < -0.3 is 5.32 Å². The zero-order chi connectivity index (χ0) is 14.8. The minimum atomic E-state index is 0.177. The van der Waals surface area contributed by atoms with E-state index < -0.39 is 0 Å². The Balaban J connectivity index is 2.10. The largest absolute Gasteiger partial charge is 0.346 e. The molecule has 0 spiro atoms.